The van der Waals surface area contributed by atoms with Crippen LogP contribution >= 0.6 is 0 Å². The fraction of sp³-hybridized carbons (Fsp3) is 0.765. The summed E-state index contributed by atoms with van der Waals surface area (Å²) in [5.41, 5.74) is 0. The van der Waals surface area contributed by atoms with Crippen molar-refractivity contribution in [2.75, 3.05) is 13.2 Å². The fourth-order valence-electron chi connectivity index (χ4n) is 2.58. The first-order chi connectivity index (χ1) is 9.88. The smallest absolute Gasteiger partial charge is 0.0982 e. The van der Waals surface area contributed by atoms with Crippen LogP contribution < -0.4 is 5.32 Å². The lowest BCUT2D eigenvalue weighted by molar-refractivity contribution is 0.194. The van der Waals surface area contributed by atoms with E-state index < -0.39 is 0 Å². The number of nitrogens with one attached hydrogen (secondary N) is 1. The number of aliphatic hydroxyl groups excluding tert-OH is 1. The third kappa shape index (κ3) is 7.59. The number of hydrogen-bond acceptors (Lipinski definition) is 3. The topological polar surface area (TPSA) is 35.5 Å². The Morgan fingerprint density at radius 3 is 2.65 bits per heavy atom. The van der Waals surface area contributed by atoms with Gasteiger partial charge in [0.25, 0.3) is 0 Å². The zero-order valence-electron chi connectivity index (χ0n) is 13.1. The Kier molecular flexibility index (Phi) is 10.1. The molecule has 0 spiro atoms. The van der Waals surface area contributed by atoms with Crippen molar-refractivity contribution in [2.24, 2.45) is 0 Å². The highest BCUT2D eigenvalue weighted by Crippen LogP contribution is 2.14. The Bertz CT molecular complexity index is 276. The average molecular weight is 280 g/mol. The summed E-state index contributed by atoms with van der Waals surface area (Å²) in [4.78, 5) is 2.19. The quantitative estimate of drug-likeness (QED) is 0.422. The number of nitrogens with zero attached hydrogens (tertiary/aromatic N) is 1. The van der Waals surface area contributed by atoms with Crippen molar-refractivity contribution in [1.82, 2.24) is 10.2 Å². The largest absolute Gasteiger partial charge is 0.395 e. The lowest BCUT2D eigenvalue weighted by atomic mass is 10.1. The monoisotopic (exact) mass is 280 g/mol. The molecule has 1 rings (SSSR count). The van der Waals surface area contributed by atoms with Gasteiger partial charge in [0.2, 0.25) is 0 Å². The summed E-state index contributed by atoms with van der Waals surface area (Å²) in [6.45, 7) is 3.19. The van der Waals surface area contributed by atoms with Crippen molar-refractivity contribution in [3.05, 3.63) is 24.6 Å². The molecule has 20 heavy (non-hydrogen) atoms. The van der Waals surface area contributed by atoms with Gasteiger partial charge in [0.1, 0.15) is 0 Å². The van der Waals surface area contributed by atoms with Gasteiger partial charge in [0.15, 0.2) is 0 Å². The van der Waals surface area contributed by atoms with E-state index >= 15 is 0 Å². The second kappa shape index (κ2) is 11.8. The second-order valence-corrected chi connectivity index (χ2v) is 5.56. The van der Waals surface area contributed by atoms with Crippen LogP contribution in [0.1, 0.15) is 64.7 Å². The van der Waals surface area contributed by atoms with Crippen LogP contribution in [0.3, 0.4) is 0 Å². The summed E-state index contributed by atoms with van der Waals surface area (Å²) in [5.74, 6) is 0. The summed E-state index contributed by atoms with van der Waals surface area (Å²) in [5, 5.41) is 12.3. The van der Waals surface area contributed by atoms with E-state index in [4.69, 9.17) is 5.11 Å². The van der Waals surface area contributed by atoms with Crippen molar-refractivity contribution < 1.29 is 5.11 Å². The Hall–Kier alpha value is -0.960. The summed E-state index contributed by atoms with van der Waals surface area (Å²) in [7, 11) is 0. The summed E-state index contributed by atoms with van der Waals surface area (Å²) in [6.07, 6.45) is 20.6. The number of β-amino-alcohol motifs (C(OH)–C–C–N with tert-alkyl or cyclic N) is 1. The van der Waals surface area contributed by atoms with E-state index in [0.717, 1.165) is 6.54 Å². The third-order valence-corrected chi connectivity index (χ3v) is 3.78. The Morgan fingerprint density at radius 1 is 1.10 bits per heavy atom. The highest BCUT2D eigenvalue weighted by Gasteiger charge is 2.16. The minimum atomic E-state index is 0.230. The minimum Gasteiger partial charge on any atom is -0.395 e. The molecule has 1 unspecified atom stereocenters. The second-order valence-electron chi connectivity index (χ2n) is 5.56. The van der Waals surface area contributed by atoms with Gasteiger partial charge in [0.05, 0.1) is 12.8 Å². The minimum absolute atomic E-state index is 0.230. The molecule has 0 saturated heterocycles. The van der Waals surface area contributed by atoms with Gasteiger partial charge in [-0.3, -0.25) is 0 Å². The molecule has 0 saturated carbocycles. The molecular weight excluding hydrogens is 248 g/mol. The molecule has 1 aliphatic rings. The molecule has 0 radical (unpaired) electrons. The SMILES string of the molecule is CCC/C=C/CCCCCCCC1NC=CN1CCO. The molecule has 0 fully saturated rings. The van der Waals surface area contributed by atoms with E-state index in [0.29, 0.717) is 6.17 Å². The predicted molar refractivity (Wildman–Crippen MR) is 86.2 cm³/mol. The maximum absolute atomic E-state index is 8.98. The first-order valence-electron chi connectivity index (χ1n) is 8.32. The normalized spacial score (nSPS) is 18.1. The number of allylic oxidation sites excluding steroid dienone is 2. The first-order valence-corrected chi connectivity index (χ1v) is 8.32. The lowest BCUT2D eigenvalue weighted by Gasteiger charge is -2.24. The number of unbranched alkanes of at least 4 members (excludes halogenated alkanes) is 6. The average Bonchev–Trinajstić information content (AvgIpc) is 2.89. The molecule has 0 aromatic heterocycles. The Labute approximate surface area is 124 Å². The zero-order valence-corrected chi connectivity index (χ0v) is 13.1. The highest BCUT2D eigenvalue weighted by molar-refractivity contribution is 4.93. The van der Waals surface area contributed by atoms with E-state index in [9.17, 15) is 0 Å². The Morgan fingerprint density at radius 2 is 1.85 bits per heavy atom. The number of aliphatic hydroxyl groups is 1. The van der Waals surface area contributed by atoms with E-state index in [1.54, 1.807) is 0 Å². The molecular formula is C17H32N2O. The number of rotatable bonds is 12. The van der Waals surface area contributed by atoms with Gasteiger partial charge in [0, 0.05) is 18.9 Å². The first kappa shape index (κ1) is 17.1. The third-order valence-electron chi connectivity index (χ3n) is 3.78. The van der Waals surface area contributed by atoms with Crippen molar-refractivity contribution in [3.63, 3.8) is 0 Å². The molecule has 3 heteroatoms. The van der Waals surface area contributed by atoms with Gasteiger partial charge in [-0.1, -0.05) is 44.8 Å². The number of hydrogen-bond donors (Lipinski definition) is 2. The highest BCUT2D eigenvalue weighted by atomic mass is 16.3. The summed E-state index contributed by atoms with van der Waals surface area (Å²) >= 11 is 0. The van der Waals surface area contributed by atoms with E-state index in [1.807, 2.05) is 12.4 Å². The van der Waals surface area contributed by atoms with Gasteiger partial charge < -0.3 is 15.3 Å². The standard InChI is InChI=1S/C17H32N2O/c1-2-3-4-5-6-7-8-9-10-11-12-17-18-13-14-19(17)15-16-20/h4-5,13-14,17-18,20H,2-3,6-12,15-16H2,1H3/b5-4+. The molecule has 0 bridgehead atoms. The van der Waals surface area contributed by atoms with E-state index in [2.05, 4.69) is 29.3 Å². The maximum Gasteiger partial charge on any atom is 0.0982 e. The lowest BCUT2D eigenvalue weighted by Crippen LogP contribution is -2.36. The van der Waals surface area contributed by atoms with Crippen LogP contribution in [0.4, 0.5) is 0 Å². The van der Waals surface area contributed by atoms with Gasteiger partial charge in [-0.25, -0.2) is 0 Å². The van der Waals surface area contributed by atoms with Crippen molar-refractivity contribution in [1.29, 1.82) is 0 Å². The molecule has 0 aliphatic carbocycles. The summed E-state index contributed by atoms with van der Waals surface area (Å²) in [6, 6.07) is 0. The van der Waals surface area contributed by atoms with Gasteiger partial charge in [-0.15, -0.1) is 0 Å². The molecule has 1 heterocycles. The predicted octanol–water partition coefficient (Wildman–Crippen LogP) is 3.77. The van der Waals surface area contributed by atoms with Crippen LogP contribution in [0, 0.1) is 0 Å². The van der Waals surface area contributed by atoms with Crippen LogP contribution in [-0.4, -0.2) is 29.3 Å². The van der Waals surface area contributed by atoms with Crippen molar-refractivity contribution in [3.8, 4) is 0 Å². The van der Waals surface area contributed by atoms with Crippen LogP contribution in [-0.2, 0) is 0 Å². The molecule has 1 aliphatic heterocycles. The van der Waals surface area contributed by atoms with Gasteiger partial charge in [-0.2, -0.15) is 0 Å². The molecule has 0 aromatic rings. The molecule has 1 atom stereocenters. The Balaban J connectivity index is 1.89. The van der Waals surface area contributed by atoms with Crippen LogP contribution in [0.15, 0.2) is 24.6 Å². The van der Waals surface area contributed by atoms with Crippen LogP contribution in [0.25, 0.3) is 0 Å². The van der Waals surface area contributed by atoms with E-state index in [-0.39, 0.29) is 6.61 Å². The van der Waals surface area contributed by atoms with Gasteiger partial charge in [-0.05, 0) is 32.1 Å². The molecule has 0 aromatic carbocycles. The van der Waals surface area contributed by atoms with Crippen LogP contribution in [0.2, 0.25) is 0 Å². The summed E-state index contributed by atoms with van der Waals surface area (Å²) < 4.78 is 0. The zero-order chi connectivity index (χ0) is 14.5. The van der Waals surface area contributed by atoms with E-state index in [1.165, 1.54) is 57.8 Å². The van der Waals surface area contributed by atoms with Crippen molar-refractivity contribution in [2.45, 2.75) is 70.9 Å². The molecule has 0 amide bonds. The van der Waals surface area contributed by atoms with Crippen LogP contribution in [0.5, 0.6) is 0 Å². The van der Waals surface area contributed by atoms with Crippen molar-refractivity contribution >= 4 is 0 Å². The maximum atomic E-state index is 8.98. The molecule has 3 nitrogen and oxygen atoms in total. The fourth-order valence-corrected chi connectivity index (χ4v) is 2.58. The molecule has 2 N–H and O–H groups in total. The molecule has 116 valence electrons. The van der Waals surface area contributed by atoms with Gasteiger partial charge >= 0.3 is 0 Å².